The van der Waals surface area contributed by atoms with E-state index in [1.165, 1.54) is 34.3 Å². The summed E-state index contributed by atoms with van der Waals surface area (Å²) in [5, 5.41) is 2.75. The van der Waals surface area contributed by atoms with E-state index in [1.807, 2.05) is 6.92 Å². The van der Waals surface area contributed by atoms with Crippen LogP contribution in [0, 0.1) is 0 Å². The fourth-order valence-electron chi connectivity index (χ4n) is 3.73. The van der Waals surface area contributed by atoms with Gasteiger partial charge in [0.2, 0.25) is 0 Å². The van der Waals surface area contributed by atoms with Gasteiger partial charge in [0.05, 0.1) is 10.1 Å². The molecule has 7 heteroatoms. The van der Waals surface area contributed by atoms with Crippen molar-refractivity contribution in [3.05, 3.63) is 42.5 Å². The average molecular weight is 483 g/mol. The van der Waals surface area contributed by atoms with Crippen LogP contribution in [0.2, 0.25) is 0 Å². The molecule has 1 aliphatic heterocycles. The molecule has 2 aromatic carbocycles. The van der Waals surface area contributed by atoms with Gasteiger partial charge in [-0.1, -0.05) is 69.4 Å². The van der Waals surface area contributed by atoms with E-state index < -0.39 is 10.1 Å². The van der Waals surface area contributed by atoms with Gasteiger partial charge in [0.25, 0.3) is 0 Å². The highest BCUT2D eigenvalue weighted by atomic mass is 32.2. The third-order valence-corrected chi connectivity index (χ3v) is 8.74. The summed E-state index contributed by atoms with van der Waals surface area (Å²) in [5.41, 5.74) is 0. The largest absolute Gasteiger partial charge is 0.748 e. The minimum atomic E-state index is -3.97. The van der Waals surface area contributed by atoms with E-state index in [0.29, 0.717) is 30.2 Å². The monoisotopic (exact) mass is 482 g/mol. The third kappa shape index (κ3) is 10.2. The van der Waals surface area contributed by atoms with Crippen LogP contribution in [-0.2, 0) is 30.5 Å². The number of hydrogen-bond donors (Lipinski definition) is 0. The van der Waals surface area contributed by atoms with E-state index in [0.717, 1.165) is 38.0 Å². The van der Waals surface area contributed by atoms with Crippen LogP contribution in [0.4, 0.5) is 0 Å². The van der Waals surface area contributed by atoms with Crippen molar-refractivity contribution < 1.29 is 22.4 Å². The van der Waals surface area contributed by atoms with E-state index in [-0.39, 0.29) is 5.75 Å². The molecular formula is C25H38O5S2. The Morgan fingerprint density at radius 3 is 2.47 bits per heavy atom. The van der Waals surface area contributed by atoms with Crippen molar-refractivity contribution >= 4 is 31.8 Å². The number of unbranched alkanes of at least 4 members (excludes halogenated alkanes) is 5. The van der Waals surface area contributed by atoms with Crippen LogP contribution in [0.3, 0.4) is 0 Å². The normalized spacial score (nSPS) is 18.5. The van der Waals surface area contributed by atoms with Crippen molar-refractivity contribution in [1.82, 2.24) is 0 Å². The molecule has 0 saturated carbocycles. The molecule has 32 heavy (non-hydrogen) atoms. The van der Waals surface area contributed by atoms with Crippen LogP contribution in [0.1, 0.15) is 58.8 Å². The smallest absolute Gasteiger partial charge is 0.162 e. The van der Waals surface area contributed by atoms with Crippen LogP contribution in [0.15, 0.2) is 47.4 Å². The lowest BCUT2D eigenvalue weighted by molar-refractivity contribution is -0.0776. The summed E-state index contributed by atoms with van der Waals surface area (Å²) in [6.45, 7) is 5.29. The number of ether oxygens (including phenoxy) is 2. The van der Waals surface area contributed by atoms with Crippen molar-refractivity contribution in [3.63, 3.8) is 0 Å². The van der Waals surface area contributed by atoms with Gasteiger partial charge in [-0.25, -0.2) is 8.42 Å². The first kappa shape index (κ1) is 27.1. The van der Waals surface area contributed by atoms with Crippen molar-refractivity contribution in [1.29, 1.82) is 0 Å². The lowest BCUT2D eigenvalue weighted by Gasteiger charge is -2.08. The Hall–Kier alpha value is -1.12. The predicted molar refractivity (Wildman–Crippen MR) is 133 cm³/mol. The zero-order valence-corrected chi connectivity index (χ0v) is 21.1. The van der Waals surface area contributed by atoms with Crippen LogP contribution in [0.5, 0.6) is 0 Å². The molecule has 0 radical (unpaired) electrons. The summed E-state index contributed by atoms with van der Waals surface area (Å²) in [6.07, 6.45) is 7.47. The SMILES string of the molecule is CCCCCCCCS(=O)(=O)[O-].CCOCOC1CC[S+](c2cccc3ccccc23)C1. The van der Waals surface area contributed by atoms with E-state index in [4.69, 9.17) is 9.47 Å². The Bertz CT molecular complexity index is 880. The number of fused-ring (bicyclic) bond motifs is 1. The van der Waals surface area contributed by atoms with Crippen molar-refractivity contribution in [3.8, 4) is 0 Å². The topological polar surface area (TPSA) is 75.7 Å². The second kappa shape index (κ2) is 14.9. The van der Waals surface area contributed by atoms with Crippen LogP contribution in [0.25, 0.3) is 10.8 Å². The van der Waals surface area contributed by atoms with Crippen LogP contribution in [-0.4, -0.2) is 49.7 Å². The predicted octanol–water partition coefficient (Wildman–Crippen LogP) is 5.49. The molecule has 3 rings (SSSR count). The summed E-state index contributed by atoms with van der Waals surface area (Å²) >= 11 is 0. The lowest BCUT2D eigenvalue weighted by atomic mass is 10.1. The maximum atomic E-state index is 10.2. The molecule has 2 unspecified atom stereocenters. The van der Waals surface area contributed by atoms with Crippen molar-refractivity contribution in [2.45, 2.75) is 69.8 Å². The fourth-order valence-corrected chi connectivity index (χ4v) is 6.88. The van der Waals surface area contributed by atoms with Gasteiger partial charge in [-0.15, -0.1) is 0 Å². The highest BCUT2D eigenvalue weighted by molar-refractivity contribution is 7.97. The molecule has 0 amide bonds. The summed E-state index contributed by atoms with van der Waals surface area (Å²) < 4.78 is 41.6. The Morgan fingerprint density at radius 1 is 1.00 bits per heavy atom. The molecule has 1 fully saturated rings. The summed E-state index contributed by atoms with van der Waals surface area (Å²) in [4.78, 5) is 1.51. The standard InChI is InChI=1S/C17H21O2S.C8H18O3S/c1-2-18-13-19-15-10-11-20(12-15)17-9-5-7-14-6-3-4-8-16(14)17;1-2-3-4-5-6-7-8-12(9,10)11/h3-9,15H,2,10-13H2,1H3;2-8H2,1H3,(H,9,10,11)/q+1;/p-1. The molecule has 0 N–H and O–H groups in total. The fraction of sp³-hybridized carbons (Fsp3) is 0.600. The van der Waals surface area contributed by atoms with Gasteiger partial charge in [0.15, 0.2) is 4.90 Å². The summed E-state index contributed by atoms with van der Waals surface area (Å²) in [6, 6.07) is 15.3. The van der Waals surface area contributed by atoms with Gasteiger partial charge < -0.3 is 14.0 Å². The van der Waals surface area contributed by atoms with Gasteiger partial charge in [0.1, 0.15) is 24.4 Å². The first-order valence-corrected chi connectivity index (χ1v) is 14.9. The van der Waals surface area contributed by atoms with E-state index in [1.54, 1.807) is 0 Å². The second-order valence-corrected chi connectivity index (χ2v) is 11.7. The molecule has 1 heterocycles. The Kier molecular flexibility index (Phi) is 12.6. The third-order valence-electron chi connectivity index (χ3n) is 5.47. The average Bonchev–Trinajstić information content (AvgIpc) is 3.24. The first-order valence-electron chi connectivity index (χ1n) is 11.7. The second-order valence-electron chi connectivity index (χ2n) is 8.06. The zero-order chi connectivity index (χ0) is 23.2. The Labute approximate surface area is 197 Å². The van der Waals surface area contributed by atoms with Gasteiger partial charge in [-0.05, 0) is 30.9 Å². The molecule has 5 nitrogen and oxygen atoms in total. The molecule has 2 atom stereocenters. The number of hydrogen-bond acceptors (Lipinski definition) is 5. The van der Waals surface area contributed by atoms with Crippen molar-refractivity contribution in [2.24, 2.45) is 0 Å². The van der Waals surface area contributed by atoms with Gasteiger partial charge in [0, 0.05) is 35.1 Å². The van der Waals surface area contributed by atoms with E-state index in [9.17, 15) is 13.0 Å². The van der Waals surface area contributed by atoms with Crippen LogP contribution >= 0.6 is 0 Å². The molecule has 0 aromatic heterocycles. The van der Waals surface area contributed by atoms with E-state index >= 15 is 0 Å². The minimum Gasteiger partial charge on any atom is -0.748 e. The summed E-state index contributed by atoms with van der Waals surface area (Å²) in [7, 11) is -3.65. The highest BCUT2D eigenvalue weighted by Crippen LogP contribution is 2.30. The van der Waals surface area contributed by atoms with Crippen molar-refractivity contribution in [2.75, 3.05) is 30.7 Å². The summed E-state index contributed by atoms with van der Waals surface area (Å²) in [5.74, 6) is 2.19. The molecular weight excluding hydrogens is 444 g/mol. The lowest BCUT2D eigenvalue weighted by Crippen LogP contribution is -2.17. The Morgan fingerprint density at radius 2 is 1.72 bits per heavy atom. The van der Waals surface area contributed by atoms with Crippen LogP contribution < -0.4 is 0 Å². The molecule has 1 aliphatic rings. The van der Waals surface area contributed by atoms with Gasteiger partial charge in [-0.2, -0.15) is 0 Å². The first-order chi connectivity index (χ1) is 15.4. The van der Waals surface area contributed by atoms with E-state index in [2.05, 4.69) is 49.4 Å². The maximum Gasteiger partial charge on any atom is 0.162 e. The minimum absolute atomic E-state index is 0.195. The maximum absolute atomic E-state index is 10.2. The molecule has 180 valence electrons. The Balaban J connectivity index is 0.000000262. The zero-order valence-electron chi connectivity index (χ0n) is 19.5. The van der Waals surface area contributed by atoms with Gasteiger partial charge >= 0.3 is 0 Å². The number of benzene rings is 2. The molecule has 2 aromatic rings. The molecule has 0 bridgehead atoms. The molecule has 1 saturated heterocycles. The van der Waals surface area contributed by atoms with Gasteiger partial charge in [-0.3, -0.25) is 0 Å². The number of rotatable bonds is 12. The molecule has 0 aliphatic carbocycles. The quantitative estimate of drug-likeness (QED) is 0.173. The highest BCUT2D eigenvalue weighted by Gasteiger charge is 2.36. The molecule has 0 spiro atoms.